The Morgan fingerprint density at radius 2 is 0.793 bits per heavy atom. The third-order valence-electron chi connectivity index (χ3n) is 12.4. The van der Waals surface area contributed by atoms with E-state index < -0.39 is 0 Å². The third kappa shape index (κ3) is 4.75. The van der Waals surface area contributed by atoms with Crippen LogP contribution in [0.3, 0.4) is 0 Å². The molecule has 0 fully saturated rings. The van der Waals surface area contributed by atoms with Crippen LogP contribution in [0.15, 0.2) is 158 Å². The lowest BCUT2D eigenvalue weighted by Gasteiger charge is -2.33. The minimum atomic E-state index is -0.267. The zero-order valence-corrected chi connectivity index (χ0v) is 32.9. The minimum Gasteiger partial charge on any atom is -0.309 e. The molecule has 10 aromatic rings. The molecule has 0 radical (unpaired) electrons. The number of benzene rings is 10. The van der Waals surface area contributed by atoms with Crippen LogP contribution < -0.4 is 9.80 Å². The molecule has 0 bridgehead atoms. The Hall–Kier alpha value is -7.04. The van der Waals surface area contributed by atoms with E-state index in [1.54, 1.807) is 0 Å². The number of hydrogen-bond donors (Lipinski definition) is 0. The third-order valence-corrected chi connectivity index (χ3v) is 12.4. The molecule has 0 aromatic heterocycles. The second kappa shape index (κ2) is 12.7. The largest absolute Gasteiger partial charge is 0.309 e. The number of fused-ring (bicyclic) bond motifs is 4. The van der Waals surface area contributed by atoms with Gasteiger partial charge in [-0.3, -0.25) is 9.59 Å². The van der Waals surface area contributed by atoms with E-state index >= 15 is 0 Å². The highest BCUT2D eigenvalue weighted by atomic mass is 16.2. The lowest BCUT2D eigenvalue weighted by Crippen LogP contribution is -2.41. The first-order valence-corrected chi connectivity index (χ1v) is 20.2. The number of carbonyl (C=O) groups is 2. The number of rotatable bonds is 6. The van der Waals surface area contributed by atoms with E-state index in [9.17, 15) is 9.59 Å². The maximum Gasteiger partial charge on any atom is 0.266 e. The fourth-order valence-electron chi connectivity index (χ4n) is 9.84. The van der Waals surface area contributed by atoms with Gasteiger partial charge in [0.25, 0.3) is 11.8 Å². The van der Waals surface area contributed by atoms with Crippen LogP contribution in [-0.2, 0) is 0 Å². The number of anilines is 4. The van der Waals surface area contributed by atoms with E-state index in [1.165, 1.54) is 26.4 Å². The van der Waals surface area contributed by atoms with Gasteiger partial charge >= 0.3 is 0 Å². The van der Waals surface area contributed by atoms with Crippen LogP contribution in [0.2, 0.25) is 0 Å². The summed E-state index contributed by atoms with van der Waals surface area (Å²) in [4.78, 5) is 33.5. The molecule has 1 aliphatic rings. The minimum absolute atomic E-state index is 0.130. The molecule has 0 atom stereocenters. The van der Waals surface area contributed by atoms with E-state index in [1.807, 2.05) is 18.2 Å². The molecule has 4 nitrogen and oxygen atoms in total. The molecular formula is C54H40N2O2. The normalized spacial score (nSPS) is 13.2. The number of para-hydroxylation sites is 1. The van der Waals surface area contributed by atoms with Crippen molar-refractivity contribution in [2.75, 3.05) is 9.80 Å². The molecule has 1 aliphatic heterocycles. The standard InChI is InChI=1S/C54H40N2O2/c1-31(2)35-19-11-20-36(32(3)4)52(35)56-53(57)44-27-25-41-39-21-12-22-43-48(30-29-40(49(39)43)42-26-28-45(54(56)58)51(44)50(41)42)55(46-23-9-15-33-13-5-7-17-37(33)46)47-24-10-16-34-14-6-8-18-38(34)47/h5-32H,1-4H3. The predicted molar refractivity (Wildman–Crippen MR) is 243 cm³/mol. The highest BCUT2D eigenvalue weighted by Gasteiger charge is 2.38. The van der Waals surface area contributed by atoms with Crippen molar-refractivity contribution in [3.8, 4) is 0 Å². The van der Waals surface area contributed by atoms with E-state index in [4.69, 9.17) is 0 Å². The molecule has 0 aliphatic carbocycles. The zero-order chi connectivity index (χ0) is 39.4. The van der Waals surface area contributed by atoms with Crippen molar-refractivity contribution >= 4 is 99.2 Å². The summed E-state index contributed by atoms with van der Waals surface area (Å²) < 4.78 is 0. The first-order valence-electron chi connectivity index (χ1n) is 20.2. The van der Waals surface area contributed by atoms with Gasteiger partial charge in [-0.15, -0.1) is 0 Å². The van der Waals surface area contributed by atoms with Gasteiger partial charge in [0, 0.05) is 32.7 Å². The molecule has 278 valence electrons. The molecule has 0 saturated heterocycles. The molecule has 11 rings (SSSR count). The average Bonchev–Trinajstić information content (AvgIpc) is 3.25. The Balaban J connectivity index is 1.18. The quantitative estimate of drug-likeness (QED) is 0.0966. The van der Waals surface area contributed by atoms with Gasteiger partial charge in [0.1, 0.15) is 0 Å². The van der Waals surface area contributed by atoms with Crippen LogP contribution in [0.1, 0.15) is 71.4 Å². The summed E-state index contributed by atoms with van der Waals surface area (Å²) in [5, 5.41) is 12.9. The molecule has 2 amide bonds. The first-order chi connectivity index (χ1) is 28.3. The Morgan fingerprint density at radius 3 is 1.36 bits per heavy atom. The lowest BCUT2D eigenvalue weighted by atomic mass is 9.83. The Labute approximate surface area is 336 Å². The van der Waals surface area contributed by atoms with Gasteiger partial charge in [-0.25, -0.2) is 4.90 Å². The molecule has 0 N–H and O–H groups in total. The highest BCUT2D eigenvalue weighted by Crippen LogP contribution is 2.50. The fourth-order valence-corrected chi connectivity index (χ4v) is 9.84. The Morgan fingerprint density at radius 1 is 0.379 bits per heavy atom. The smallest absolute Gasteiger partial charge is 0.266 e. The summed E-state index contributed by atoms with van der Waals surface area (Å²) in [6, 6.07) is 55.6. The van der Waals surface area contributed by atoms with E-state index in [0.717, 1.165) is 77.0 Å². The van der Waals surface area contributed by atoms with Crippen molar-refractivity contribution in [2.24, 2.45) is 0 Å². The van der Waals surface area contributed by atoms with Gasteiger partial charge in [0.2, 0.25) is 0 Å². The zero-order valence-electron chi connectivity index (χ0n) is 32.9. The fraction of sp³-hybridized carbons (Fsp3) is 0.111. The van der Waals surface area contributed by atoms with Gasteiger partial charge in [-0.2, -0.15) is 0 Å². The summed E-state index contributed by atoms with van der Waals surface area (Å²) >= 11 is 0. The second-order valence-corrected chi connectivity index (χ2v) is 16.3. The summed E-state index contributed by atoms with van der Waals surface area (Å²) in [7, 11) is 0. The Bertz CT molecular complexity index is 3170. The van der Waals surface area contributed by atoms with E-state index in [-0.39, 0.29) is 23.7 Å². The summed E-state index contributed by atoms with van der Waals surface area (Å²) in [6.45, 7) is 8.48. The van der Waals surface area contributed by atoms with Crippen LogP contribution in [0.25, 0.3) is 64.6 Å². The van der Waals surface area contributed by atoms with Crippen LogP contribution in [0.5, 0.6) is 0 Å². The molecule has 10 aromatic carbocycles. The summed E-state index contributed by atoms with van der Waals surface area (Å²) in [5.41, 5.74) is 7.14. The number of nitrogens with zero attached hydrogens (tertiary/aromatic N) is 2. The van der Waals surface area contributed by atoms with Gasteiger partial charge < -0.3 is 4.90 Å². The van der Waals surface area contributed by atoms with E-state index in [0.29, 0.717) is 11.1 Å². The highest BCUT2D eigenvalue weighted by molar-refractivity contribution is 6.42. The summed E-state index contributed by atoms with van der Waals surface area (Å²) in [6.07, 6.45) is 0. The van der Waals surface area contributed by atoms with Crippen molar-refractivity contribution in [3.05, 3.63) is 180 Å². The Kier molecular flexibility index (Phi) is 7.52. The lowest BCUT2D eigenvalue weighted by molar-refractivity contribution is 0.0893. The van der Waals surface area contributed by atoms with Gasteiger partial charge in [0.15, 0.2) is 0 Å². The first kappa shape index (κ1) is 34.2. The maximum absolute atomic E-state index is 14.8. The number of hydrogen-bond acceptors (Lipinski definition) is 3. The average molecular weight is 749 g/mol. The predicted octanol–water partition coefficient (Wildman–Crippen LogP) is 14.6. The maximum atomic E-state index is 14.8. The van der Waals surface area contributed by atoms with Crippen LogP contribution >= 0.6 is 0 Å². The summed E-state index contributed by atoms with van der Waals surface area (Å²) in [5.74, 6) is -0.275. The molecule has 0 spiro atoms. The van der Waals surface area contributed by atoms with Crippen LogP contribution in [0.4, 0.5) is 22.7 Å². The number of amides is 2. The van der Waals surface area contributed by atoms with Crippen molar-refractivity contribution < 1.29 is 9.59 Å². The molecule has 58 heavy (non-hydrogen) atoms. The molecule has 1 heterocycles. The topological polar surface area (TPSA) is 40.6 Å². The van der Waals surface area contributed by atoms with Crippen molar-refractivity contribution in [1.29, 1.82) is 0 Å². The van der Waals surface area contributed by atoms with Gasteiger partial charge in [0.05, 0.1) is 22.7 Å². The van der Waals surface area contributed by atoms with E-state index in [2.05, 4.69) is 172 Å². The van der Waals surface area contributed by atoms with Crippen molar-refractivity contribution in [3.63, 3.8) is 0 Å². The van der Waals surface area contributed by atoms with Crippen LogP contribution in [0, 0.1) is 0 Å². The van der Waals surface area contributed by atoms with Crippen molar-refractivity contribution in [1.82, 2.24) is 0 Å². The van der Waals surface area contributed by atoms with Crippen molar-refractivity contribution in [2.45, 2.75) is 39.5 Å². The molecule has 0 saturated carbocycles. The van der Waals surface area contributed by atoms with Crippen LogP contribution in [-0.4, -0.2) is 11.8 Å². The van der Waals surface area contributed by atoms with Gasteiger partial charge in [-0.1, -0.05) is 155 Å². The monoisotopic (exact) mass is 748 g/mol. The number of carbonyl (C=O) groups excluding carboxylic acids is 2. The molecule has 4 heteroatoms. The molecular weight excluding hydrogens is 709 g/mol. The second-order valence-electron chi connectivity index (χ2n) is 16.3. The molecule has 0 unspecified atom stereocenters. The number of imide groups is 1. The SMILES string of the molecule is CC(C)c1cccc(C(C)C)c1N1C(=O)c2ccc3c4cccc5c(N(c6cccc7ccccc67)c6cccc7ccccc67)ccc(c6ccc(c2c36)C1=O)c54. The van der Waals surface area contributed by atoms with Gasteiger partial charge in [-0.05, 0) is 96.4 Å².